The molecule has 0 aromatic heterocycles. The largest absolute Gasteiger partial charge is 0.462 e. The van der Waals surface area contributed by atoms with E-state index >= 15 is 0 Å². The molecule has 0 amide bonds. The Morgan fingerprint density at radius 1 is 0.500 bits per heavy atom. The highest BCUT2D eigenvalue weighted by Gasteiger charge is 2.16. The van der Waals surface area contributed by atoms with Crippen LogP contribution in [0.25, 0.3) is 0 Å². The monoisotopic (exact) mass is 673 g/mol. The van der Waals surface area contributed by atoms with E-state index in [0.717, 1.165) is 70.6 Å². The molecule has 5 heteroatoms. The molecule has 1 N–H and O–H groups in total. The van der Waals surface area contributed by atoms with Crippen LogP contribution in [0.4, 0.5) is 0 Å². The molecule has 0 aliphatic carbocycles. The summed E-state index contributed by atoms with van der Waals surface area (Å²) in [4.78, 5) is 24.3. The van der Waals surface area contributed by atoms with Gasteiger partial charge in [-0.2, -0.15) is 0 Å². The third-order valence-corrected chi connectivity index (χ3v) is 8.61. The highest BCUT2D eigenvalue weighted by atomic mass is 16.6. The summed E-state index contributed by atoms with van der Waals surface area (Å²) >= 11 is 0. The van der Waals surface area contributed by atoms with E-state index in [2.05, 4.69) is 62.5 Å². The van der Waals surface area contributed by atoms with Crippen LogP contribution in [0.2, 0.25) is 0 Å². The third kappa shape index (κ3) is 36.7. The summed E-state index contributed by atoms with van der Waals surface area (Å²) in [5.74, 6) is -0.612. The predicted molar refractivity (Wildman–Crippen MR) is 205 cm³/mol. The van der Waals surface area contributed by atoms with Crippen LogP contribution in [0.3, 0.4) is 0 Å². The first-order valence-corrected chi connectivity index (χ1v) is 20.2. The second kappa shape index (κ2) is 39.3. The highest BCUT2D eigenvalue weighted by molar-refractivity contribution is 5.70. The fraction of sp³-hybridized carbons (Fsp3) is 0.767. The number of carbonyl (C=O) groups is 2. The molecule has 0 rings (SSSR count). The Hall–Kier alpha value is -2.14. The van der Waals surface area contributed by atoms with Crippen LogP contribution < -0.4 is 0 Å². The summed E-state index contributed by atoms with van der Waals surface area (Å²) in [6.45, 7) is 4.01. The van der Waals surface area contributed by atoms with Crippen LogP contribution in [0.1, 0.15) is 194 Å². The van der Waals surface area contributed by atoms with Crippen LogP contribution in [-0.4, -0.2) is 36.4 Å². The minimum Gasteiger partial charge on any atom is -0.462 e. The van der Waals surface area contributed by atoms with Crippen LogP contribution in [-0.2, 0) is 19.1 Å². The summed E-state index contributed by atoms with van der Waals surface area (Å²) in [5.41, 5.74) is 0. The van der Waals surface area contributed by atoms with Crippen molar-refractivity contribution in [3.05, 3.63) is 48.6 Å². The predicted octanol–water partition coefficient (Wildman–Crippen LogP) is 12.6. The van der Waals surface area contributed by atoms with E-state index in [4.69, 9.17) is 9.47 Å². The topological polar surface area (TPSA) is 72.8 Å². The fourth-order valence-electron chi connectivity index (χ4n) is 5.56. The molecule has 0 aliphatic heterocycles. The van der Waals surface area contributed by atoms with E-state index in [1.807, 2.05) is 0 Å². The molecular weight excluding hydrogens is 596 g/mol. The first kappa shape index (κ1) is 45.9. The third-order valence-electron chi connectivity index (χ3n) is 8.61. The van der Waals surface area contributed by atoms with Crippen LogP contribution in [0, 0.1) is 0 Å². The highest BCUT2D eigenvalue weighted by Crippen LogP contribution is 2.13. The van der Waals surface area contributed by atoms with E-state index in [9.17, 15) is 14.7 Å². The maximum atomic E-state index is 12.2. The molecule has 278 valence electrons. The zero-order valence-corrected chi connectivity index (χ0v) is 31.5. The van der Waals surface area contributed by atoms with Crippen molar-refractivity contribution in [2.45, 2.75) is 200 Å². The van der Waals surface area contributed by atoms with Crippen molar-refractivity contribution < 1.29 is 24.2 Å². The van der Waals surface area contributed by atoms with Crippen molar-refractivity contribution in [2.24, 2.45) is 0 Å². The smallest absolute Gasteiger partial charge is 0.306 e. The SMILES string of the molecule is CCC=CCC=CCC=CCCCCCCCC(=O)OC(CO)COC(=O)CCCCCCCCCCCC=CCCCCCCCC. The van der Waals surface area contributed by atoms with E-state index < -0.39 is 6.10 Å². The van der Waals surface area contributed by atoms with Crippen LogP contribution >= 0.6 is 0 Å². The summed E-state index contributed by atoms with van der Waals surface area (Å²) in [7, 11) is 0. The molecule has 0 bridgehead atoms. The number of rotatable bonds is 36. The second-order valence-corrected chi connectivity index (χ2v) is 13.3. The summed E-state index contributed by atoms with van der Waals surface area (Å²) in [5, 5.41) is 9.55. The van der Waals surface area contributed by atoms with Gasteiger partial charge in [0, 0.05) is 12.8 Å². The van der Waals surface area contributed by atoms with Crippen molar-refractivity contribution in [3.8, 4) is 0 Å². The lowest BCUT2D eigenvalue weighted by atomic mass is 10.1. The van der Waals surface area contributed by atoms with Gasteiger partial charge in [0.15, 0.2) is 6.10 Å². The van der Waals surface area contributed by atoms with Gasteiger partial charge in [0.05, 0.1) is 6.61 Å². The average molecular weight is 673 g/mol. The first-order valence-electron chi connectivity index (χ1n) is 20.2. The van der Waals surface area contributed by atoms with Crippen molar-refractivity contribution in [2.75, 3.05) is 13.2 Å². The van der Waals surface area contributed by atoms with Gasteiger partial charge in [0.1, 0.15) is 6.61 Å². The molecule has 0 radical (unpaired) electrons. The molecule has 5 nitrogen and oxygen atoms in total. The van der Waals surface area contributed by atoms with E-state index in [1.165, 1.54) is 96.3 Å². The Labute approximate surface area is 297 Å². The van der Waals surface area contributed by atoms with Crippen molar-refractivity contribution in [1.29, 1.82) is 0 Å². The molecule has 0 heterocycles. The normalized spacial score (nSPS) is 12.6. The Morgan fingerprint density at radius 2 is 0.896 bits per heavy atom. The van der Waals surface area contributed by atoms with Crippen LogP contribution in [0.15, 0.2) is 48.6 Å². The number of ether oxygens (including phenoxy) is 2. The van der Waals surface area contributed by atoms with Gasteiger partial charge in [-0.1, -0.05) is 159 Å². The molecule has 1 atom stereocenters. The van der Waals surface area contributed by atoms with Crippen LogP contribution in [0.5, 0.6) is 0 Å². The lowest BCUT2D eigenvalue weighted by molar-refractivity contribution is -0.161. The summed E-state index contributed by atoms with van der Waals surface area (Å²) in [6.07, 6.45) is 48.9. The standard InChI is InChI=1S/C43H76O5/c1-3-5-7-9-11-13-15-17-19-20-21-22-24-25-27-29-31-33-35-37-42(45)47-40-41(39-44)48-43(46)38-36-34-32-30-28-26-23-18-16-14-12-10-8-6-4-2/h6,8,12,14,17-19,23,41,44H,3-5,7,9-11,13,15-16,20-22,24-40H2,1-2H3. The Balaban J connectivity index is 3.56. The number of aliphatic hydroxyl groups excluding tert-OH is 1. The zero-order chi connectivity index (χ0) is 35.0. The van der Waals surface area contributed by atoms with Gasteiger partial charge in [-0.3, -0.25) is 9.59 Å². The first-order chi connectivity index (χ1) is 23.6. The van der Waals surface area contributed by atoms with Gasteiger partial charge in [-0.15, -0.1) is 0 Å². The fourth-order valence-corrected chi connectivity index (χ4v) is 5.56. The quantitative estimate of drug-likeness (QED) is 0.0407. The number of allylic oxidation sites excluding steroid dienone is 8. The lowest BCUT2D eigenvalue weighted by Gasteiger charge is -2.15. The number of aliphatic hydroxyl groups is 1. The van der Waals surface area contributed by atoms with Crippen molar-refractivity contribution in [1.82, 2.24) is 0 Å². The number of esters is 2. The van der Waals surface area contributed by atoms with Gasteiger partial charge in [0.25, 0.3) is 0 Å². The maximum absolute atomic E-state index is 12.2. The van der Waals surface area contributed by atoms with Gasteiger partial charge in [-0.25, -0.2) is 0 Å². The lowest BCUT2D eigenvalue weighted by Crippen LogP contribution is -2.28. The molecule has 0 aliphatic rings. The summed E-state index contributed by atoms with van der Waals surface area (Å²) < 4.78 is 10.6. The maximum Gasteiger partial charge on any atom is 0.306 e. The Bertz CT molecular complexity index is 812. The molecule has 0 aromatic rings. The zero-order valence-electron chi connectivity index (χ0n) is 31.5. The Kier molecular flexibility index (Phi) is 37.5. The van der Waals surface area contributed by atoms with Crippen molar-refractivity contribution in [3.63, 3.8) is 0 Å². The molecule has 0 spiro atoms. The van der Waals surface area contributed by atoms with Gasteiger partial charge < -0.3 is 14.6 Å². The van der Waals surface area contributed by atoms with E-state index in [1.54, 1.807) is 0 Å². The Morgan fingerprint density at radius 3 is 1.38 bits per heavy atom. The average Bonchev–Trinajstić information content (AvgIpc) is 3.09. The molecule has 0 saturated carbocycles. The number of hydrogen-bond donors (Lipinski definition) is 1. The minimum atomic E-state index is -0.781. The minimum absolute atomic E-state index is 0.0742. The second-order valence-electron chi connectivity index (χ2n) is 13.3. The molecule has 0 fully saturated rings. The summed E-state index contributed by atoms with van der Waals surface area (Å²) in [6, 6.07) is 0. The van der Waals surface area contributed by atoms with Gasteiger partial charge in [-0.05, 0) is 70.6 Å². The van der Waals surface area contributed by atoms with E-state index in [-0.39, 0.29) is 25.2 Å². The molecule has 48 heavy (non-hydrogen) atoms. The van der Waals surface area contributed by atoms with Crippen molar-refractivity contribution >= 4 is 11.9 Å². The van der Waals surface area contributed by atoms with Gasteiger partial charge >= 0.3 is 11.9 Å². The van der Waals surface area contributed by atoms with Gasteiger partial charge in [0.2, 0.25) is 0 Å². The molecule has 0 aromatic carbocycles. The van der Waals surface area contributed by atoms with E-state index in [0.29, 0.717) is 12.8 Å². The number of carbonyl (C=O) groups excluding carboxylic acids is 2. The number of unbranched alkanes of at least 4 members (excludes halogenated alkanes) is 20. The molecule has 1 unspecified atom stereocenters. The number of hydrogen-bond acceptors (Lipinski definition) is 5. The molecular formula is C43H76O5. The molecule has 0 saturated heterocycles.